The minimum Gasteiger partial charge on any atom is -0.480 e. The van der Waals surface area contributed by atoms with Gasteiger partial charge in [-0.2, -0.15) is 0 Å². The molecule has 0 amide bonds. The van der Waals surface area contributed by atoms with Gasteiger partial charge in [0, 0.05) is 21.9 Å². The normalized spacial score (nSPS) is 19.8. The van der Waals surface area contributed by atoms with E-state index < -0.39 is 11.2 Å². The maximum atomic E-state index is 11.6. The van der Waals surface area contributed by atoms with E-state index in [0.717, 1.165) is 0 Å². The van der Waals surface area contributed by atoms with E-state index in [4.69, 9.17) is 16.7 Å². The number of ketones is 1. The van der Waals surface area contributed by atoms with Crippen molar-refractivity contribution in [1.29, 1.82) is 0 Å². The zero-order valence-corrected chi connectivity index (χ0v) is 9.14. The summed E-state index contributed by atoms with van der Waals surface area (Å²) >= 11 is 6.96. The molecule has 0 fully saturated rings. The molecule has 78 valence electrons. The van der Waals surface area contributed by atoms with Gasteiger partial charge in [-0.15, -0.1) is 11.8 Å². The van der Waals surface area contributed by atoms with Crippen LogP contribution in [-0.2, 0) is 4.79 Å². The van der Waals surface area contributed by atoms with Crippen LogP contribution in [0.1, 0.15) is 16.8 Å². The Hall–Kier alpha value is -1.00. The number of carboxylic acids is 1. The molecule has 1 aromatic rings. The molecule has 1 aliphatic rings. The molecule has 1 N–H and O–H groups in total. The Balaban J connectivity index is 2.41. The fourth-order valence-corrected chi connectivity index (χ4v) is 2.69. The number of carbonyl (C=O) groups excluding carboxylic acids is 1. The topological polar surface area (TPSA) is 54.4 Å². The molecule has 1 aromatic carbocycles. The quantitative estimate of drug-likeness (QED) is 0.822. The summed E-state index contributed by atoms with van der Waals surface area (Å²) in [6.07, 6.45) is 0.0351. The molecule has 1 atom stereocenters. The van der Waals surface area contributed by atoms with Crippen LogP contribution >= 0.6 is 23.4 Å². The second-order valence-electron chi connectivity index (χ2n) is 3.21. The lowest BCUT2D eigenvalue weighted by Crippen LogP contribution is -2.24. The van der Waals surface area contributed by atoms with Gasteiger partial charge in [-0.25, -0.2) is 0 Å². The smallest absolute Gasteiger partial charge is 0.317 e. The van der Waals surface area contributed by atoms with Crippen LogP contribution in [0.3, 0.4) is 0 Å². The lowest BCUT2D eigenvalue weighted by molar-refractivity contribution is -0.136. The van der Waals surface area contributed by atoms with Crippen LogP contribution in [0.25, 0.3) is 0 Å². The first kappa shape index (κ1) is 10.5. The van der Waals surface area contributed by atoms with Gasteiger partial charge in [0.1, 0.15) is 5.25 Å². The second-order valence-corrected chi connectivity index (χ2v) is 4.89. The predicted octanol–water partition coefficient (Wildman–Crippen LogP) is 2.47. The summed E-state index contributed by atoms with van der Waals surface area (Å²) < 4.78 is 0. The van der Waals surface area contributed by atoms with Crippen molar-refractivity contribution in [3.05, 3.63) is 28.8 Å². The number of aliphatic carboxylic acids is 1. The lowest BCUT2D eigenvalue weighted by Gasteiger charge is -2.19. The van der Waals surface area contributed by atoms with Gasteiger partial charge in [-0.3, -0.25) is 9.59 Å². The SMILES string of the molecule is O=C1CC(C(=O)O)Sc2ccc(Cl)cc21. The van der Waals surface area contributed by atoms with Crippen molar-refractivity contribution in [1.82, 2.24) is 0 Å². The van der Waals surface area contributed by atoms with Crippen molar-refractivity contribution in [3.63, 3.8) is 0 Å². The van der Waals surface area contributed by atoms with Gasteiger partial charge in [0.25, 0.3) is 0 Å². The first-order valence-electron chi connectivity index (χ1n) is 4.30. The van der Waals surface area contributed by atoms with Gasteiger partial charge < -0.3 is 5.11 Å². The highest BCUT2D eigenvalue weighted by molar-refractivity contribution is 8.00. The van der Waals surface area contributed by atoms with Crippen LogP contribution in [0.5, 0.6) is 0 Å². The highest BCUT2D eigenvalue weighted by atomic mass is 35.5. The van der Waals surface area contributed by atoms with E-state index in [1.807, 2.05) is 0 Å². The molecule has 0 aliphatic carbocycles. The summed E-state index contributed by atoms with van der Waals surface area (Å²) in [7, 11) is 0. The number of Topliss-reactive ketones (excluding diaryl/α,β-unsaturated/α-hetero) is 1. The zero-order chi connectivity index (χ0) is 11.0. The maximum Gasteiger partial charge on any atom is 0.317 e. The Bertz CT molecular complexity index is 444. The maximum absolute atomic E-state index is 11.6. The van der Waals surface area contributed by atoms with Crippen LogP contribution in [0.4, 0.5) is 0 Å². The summed E-state index contributed by atoms with van der Waals surface area (Å²) in [5, 5.41) is 8.66. The number of benzene rings is 1. The largest absolute Gasteiger partial charge is 0.480 e. The number of carbonyl (C=O) groups is 2. The van der Waals surface area contributed by atoms with E-state index >= 15 is 0 Å². The van der Waals surface area contributed by atoms with E-state index in [0.29, 0.717) is 15.5 Å². The number of halogens is 1. The summed E-state index contributed by atoms with van der Waals surface area (Å²) in [5.41, 5.74) is 0.532. The molecule has 15 heavy (non-hydrogen) atoms. The number of fused-ring (bicyclic) bond motifs is 1. The third-order valence-electron chi connectivity index (χ3n) is 2.16. The fraction of sp³-hybridized carbons (Fsp3) is 0.200. The standard InChI is InChI=1S/C10H7ClO3S/c11-5-1-2-8-6(3-5)7(12)4-9(15-8)10(13)14/h1-3,9H,4H2,(H,13,14). The van der Waals surface area contributed by atoms with E-state index in [1.165, 1.54) is 11.8 Å². The molecular weight excluding hydrogens is 236 g/mol. The van der Waals surface area contributed by atoms with Crippen molar-refractivity contribution >= 4 is 35.1 Å². The van der Waals surface area contributed by atoms with Crippen molar-refractivity contribution in [2.45, 2.75) is 16.6 Å². The number of hydrogen-bond acceptors (Lipinski definition) is 3. The summed E-state index contributed by atoms with van der Waals surface area (Å²) in [6, 6.07) is 4.94. The van der Waals surface area contributed by atoms with Crippen LogP contribution < -0.4 is 0 Å². The molecule has 3 nitrogen and oxygen atoms in total. The molecule has 0 aromatic heterocycles. The monoisotopic (exact) mass is 242 g/mol. The first-order valence-corrected chi connectivity index (χ1v) is 5.56. The fourth-order valence-electron chi connectivity index (χ4n) is 1.43. The average molecular weight is 243 g/mol. The van der Waals surface area contributed by atoms with Gasteiger partial charge in [-0.1, -0.05) is 11.6 Å². The molecule has 0 saturated carbocycles. The molecule has 1 heterocycles. The molecule has 1 unspecified atom stereocenters. The molecule has 5 heteroatoms. The highest BCUT2D eigenvalue weighted by Crippen LogP contribution is 2.36. The average Bonchev–Trinajstić information content (AvgIpc) is 2.18. The van der Waals surface area contributed by atoms with Gasteiger partial charge in [0.05, 0.1) is 0 Å². The third kappa shape index (κ3) is 2.01. The van der Waals surface area contributed by atoms with Crippen LogP contribution in [0, 0.1) is 0 Å². The summed E-state index contributed by atoms with van der Waals surface area (Å²) in [4.78, 5) is 23.1. The number of thioether (sulfide) groups is 1. The number of rotatable bonds is 1. The Morgan fingerprint density at radius 1 is 1.53 bits per heavy atom. The second kappa shape index (κ2) is 3.87. The number of hydrogen-bond donors (Lipinski definition) is 1. The molecule has 0 spiro atoms. The van der Waals surface area contributed by atoms with Gasteiger partial charge in [0.15, 0.2) is 5.78 Å². The van der Waals surface area contributed by atoms with E-state index in [1.54, 1.807) is 18.2 Å². The number of carboxylic acid groups (broad SMARTS) is 1. The van der Waals surface area contributed by atoms with Gasteiger partial charge >= 0.3 is 5.97 Å². The zero-order valence-electron chi connectivity index (χ0n) is 7.57. The lowest BCUT2D eigenvalue weighted by atomic mass is 10.1. The van der Waals surface area contributed by atoms with E-state index in [-0.39, 0.29) is 12.2 Å². The Labute approximate surface area is 95.4 Å². The molecule has 0 bridgehead atoms. The van der Waals surface area contributed by atoms with E-state index in [2.05, 4.69) is 0 Å². The van der Waals surface area contributed by atoms with Crippen molar-refractivity contribution in [2.75, 3.05) is 0 Å². The minimum atomic E-state index is -0.950. The predicted molar refractivity (Wildman–Crippen MR) is 57.7 cm³/mol. The first-order chi connectivity index (χ1) is 7.08. The minimum absolute atomic E-state index is 0.0351. The van der Waals surface area contributed by atoms with Crippen LogP contribution in [0.15, 0.2) is 23.1 Å². The van der Waals surface area contributed by atoms with Crippen LogP contribution in [0.2, 0.25) is 5.02 Å². The van der Waals surface area contributed by atoms with Gasteiger partial charge in [-0.05, 0) is 18.2 Å². The molecule has 0 radical (unpaired) electrons. The Kier molecular flexibility index (Phi) is 2.71. The molecular formula is C10H7ClO3S. The Morgan fingerprint density at radius 3 is 2.93 bits per heavy atom. The van der Waals surface area contributed by atoms with Crippen molar-refractivity contribution in [3.8, 4) is 0 Å². The van der Waals surface area contributed by atoms with Crippen molar-refractivity contribution < 1.29 is 14.7 Å². The van der Waals surface area contributed by atoms with Crippen LogP contribution in [-0.4, -0.2) is 22.1 Å². The summed E-state index contributed by atoms with van der Waals surface area (Å²) in [6.45, 7) is 0. The third-order valence-corrected chi connectivity index (χ3v) is 3.66. The summed E-state index contributed by atoms with van der Waals surface area (Å²) in [5.74, 6) is -1.10. The highest BCUT2D eigenvalue weighted by Gasteiger charge is 2.30. The van der Waals surface area contributed by atoms with Gasteiger partial charge in [0.2, 0.25) is 0 Å². The Morgan fingerprint density at radius 2 is 2.27 bits per heavy atom. The molecule has 2 rings (SSSR count). The molecule has 1 aliphatic heterocycles. The van der Waals surface area contributed by atoms with E-state index in [9.17, 15) is 9.59 Å². The van der Waals surface area contributed by atoms with Crippen molar-refractivity contribution in [2.24, 2.45) is 0 Å². The molecule has 0 saturated heterocycles.